The van der Waals surface area contributed by atoms with Gasteiger partial charge in [0.15, 0.2) is 5.03 Å². The van der Waals surface area contributed by atoms with E-state index in [4.69, 9.17) is 5.26 Å². The lowest BCUT2D eigenvalue weighted by Crippen LogP contribution is -2.36. The summed E-state index contributed by atoms with van der Waals surface area (Å²) in [5.74, 6) is 0.701. The maximum atomic E-state index is 13.7. The van der Waals surface area contributed by atoms with Crippen molar-refractivity contribution in [1.29, 1.82) is 5.26 Å². The van der Waals surface area contributed by atoms with Gasteiger partial charge in [0.2, 0.25) is 0 Å². The first-order valence-electron chi connectivity index (χ1n) is 9.83. The van der Waals surface area contributed by atoms with Crippen LogP contribution < -0.4 is 4.31 Å². The highest BCUT2D eigenvalue weighted by molar-refractivity contribution is 8.00. The molecule has 4 aromatic rings. The molecule has 5 nitrogen and oxygen atoms in total. The van der Waals surface area contributed by atoms with E-state index < -0.39 is 10.0 Å². The van der Waals surface area contributed by atoms with Crippen LogP contribution >= 0.6 is 11.8 Å². The number of nitrogens with zero attached hydrogens (tertiary/aromatic N) is 3. The number of hydrogen-bond donors (Lipinski definition) is 0. The fourth-order valence-corrected chi connectivity index (χ4v) is 6.82. The molecule has 0 N–H and O–H groups in total. The van der Waals surface area contributed by atoms with Crippen molar-refractivity contribution in [2.75, 3.05) is 16.6 Å². The highest BCUT2D eigenvalue weighted by Crippen LogP contribution is 2.40. The normalized spacial score (nSPS) is 13.7. The predicted molar refractivity (Wildman–Crippen MR) is 125 cm³/mol. The molecule has 0 aliphatic carbocycles. The molecule has 0 bridgehead atoms. The van der Waals surface area contributed by atoms with Gasteiger partial charge < -0.3 is 4.57 Å². The van der Waals surface area contributed by atoms with E-state index in [-0.39, 0.29) is 5.03 Å². The Bertz CT molecular complexity index is 1450. The smallest absolute Gasteiger partial charge is 0.280 e. The van der Waals surface area contributed by atoms with Crippen LogP contribution in [0.4, 0.5) is 5.69 Å². The van der Waals surface area contributed by atoms with E-state index in [9.17, 15) is 8.42 Å². The van der Waals surface area contributed by atoms with Crippen LogP contribution in [0.15, 0.2) is 82.7 Å². The van der Waals surface area contributed by atoms with Crippen molar-refractivity contribution < 1.29 is 8.42 Å². The molecule has 3 aromatic carbocycles. The van der Waals surface area contributed by atoms with Gasteiger partial charge in [-0.05, 0) is 47.5 Å². The SMILES string of the molecule is Cn1c(S(=O)(=O)N2CCSc3ccc(-c4ccc(C#N)cc4)cc32)cc2ccccc21. The molecule has 0 saturated heterocycles. The van der Waals surface area contributed by atoms with Gasteiger partial charge in [0.05, 0.1) is 17.3 Å². The number of rotatable bonds is 3. The van der Waals surface area contributed by atoms with Gasteiger partial charge in [-0.2, -0.15) is 13.7 Å². The second-order valence-electron chi connectivity index (χ2n) is 7.40. The molecule has 154 valence electrons. The Labute approximate surface area is 185 Å². The first kappa shape index (κ1) is 19.7. The lowest BCUT2D eigenvalue weighted by Gasteiger charge is -2.30. The van der Waals surface area contributed by atoms with Crippen LogP contribution in [0.2, 0.25) is 0 Å². The summed E-state index contributed by atoms with van der Waals surface area (Å²) in [7, 11) is -1.94. The lowest BCUT2D eigenvalue weighted by atomic mass is 10.0. The van der Waals surface area contributed by atoms with Crippen LogP contribution in [0.5, 0.6) is 0 Å². The van der Waals surface area contributed by atoms with Gasteiger partial charge in [-0.15, -0.1) is 11.8 Å². The van der Waals surface area contributed by atoms with Crippen molar-refractivity contribution in [2.45, 2.75) is 9.92 Å². The monoisotopic (exact) mass is 445 g/mol. The number of hydrogen-bond acceptors (Lipinski definition) is 4. The molecule has 0 unspecified atom stereocenters. The number of nitriles is 1. The number of sulfonamides is 1. The van der Waals surface area contributed by atoms with Gasteiger partial charge in [-0.1, -0.05) is 36.4 Å². The fraction of sp³-hybridized carbons (Fsp3) is 0.125. The molecule has 1 aliphatic rings. The van der Waals surface area contributed by atoms with Crippen LogP contribution in [-0.4, -0.2) is 25.3 Å². The van der Waals surface area contributed by atoms with Gasteiger partial charge in [0.25, 0.3) is 10.0 Å². The van der Waals surface area contributed by atoms with Gasteiger partial charge in [0, 0.05) is 35.1 Å². The molecule has 0 amide bonds. The summed E-state index contributed by atoms with van der Waals surface area (Å²) in [6, 6.07) is 24.8. The molecule has 1 aromatic heterocycles. The van der Waals surface area contributed by atoms with E-state index in [2.05, 4.69) is 6.07 Å². The molecular formula is C24H19N3O2S2. The third-order valence-corrected chi connectivity index (χ3v) is 8.51. The Morgan fingerprint density at radius 3 is 2.45 bits per heavy atom. The average molecular weight is 446 g/mol. The van der Waals surface area contributed by atoms with Gasteiger partial charge in [0.1, 0.15) is 0 Å². The van der Waals surface area contributed by atoms with Crippen LogP contribution in [0.1, 0.15) is 5.56 Å². The van der Waals surface area contributed by atoms with Crippen molar-refractivity contribution in [3.05, 3.63) is 78.4 Å². The largest absolute Gasteiger partial charge is 0.333 e. The minimum absolute atomic E-state index is 0.287. The second kappa shape index (κ2) is 7.49. The zero-order chi connectivity index (χ0) is 21.6. The molecular weight excluding hydrogens is 426 g/mol. The zero-order valence-electron chi connectivity index (χ0n) is 16.8. The molecule has 0 saturated carbocycles. The molecule has 0 fully saturated rings. The predicted octanol–water partition coefficient (Wildman–Crippen LogP) is 5.02. The van der Waals surface area contributed by atoms with E-state index >= 15 is 0 Å². The van der Waals surface area contributed by atoms with E-state index in [1.165, 1.54) is 4.31 Å². The Morgan fingerprint density at radius 1 is 0.968 bits per heavy atom. The van der Waals surface area contributed by atoms with Crippen LogP contribution in [0, 0.1) is 11.3 Å². The number of fused-ring (bicyclic) bond motifs is 2. The fourth-order valence-electron chi connectivity index (χ4n) is 3.98. The number of anilines is 1. The van der Waals surface area contributed by atoms with Crippen molar-refractivity contribution in [3.8, 4) is 17.2 Å². The molecule has 0 radical (unpaired) electrons. The van der Waals surface area contributed by atoms with Crippen LogP contribution in [-0.2, 0) is 17.1 Å². The van der Waals surface area contributed by atoms with E-state index in [1.54, 1.807) is 41.6 Å². The zero-order valence-corrected chi connectivity index (χ0v) is 18.5. The summed E-state index contributed by atoms with van der Waals surface area (Å²) in [5, 5.41) is 10.2. The number of aryl methyl sites for hydroxylation is 1. The first-order valence-corrected chi connectivity index (χ1v) is 12.3. The van der Waals surface area contributed by atoms with Crippen molar-refractivity contribution >= 4 is 38.4 Å². The lowest BCUT2D eigenvalue weighted by molar-refractivity contribution is 0.582. The number of aromatic nitrogens is 1. The molecule has 1 aliphatic heterocycles. The highest BCUT2D eigenvalue weighted by Gasteiger charge is 2.32. The van der Waals surface area contributed by atoms with Crippen molar-refractivity contribution in [2.24, 2.45) is 7.05 Å². The number of para-hydroxylation sites is 1. The van der Waals surface area contributed by atoms with Gasteiger partial charge >= 0.3 is 0 Å². The van der Waals surface area contributed by atoms with Crippen molar-refractivity contribution in [3.63, 3.8) is 0 Å². The summed E-state index contributed by atoms with van der Waals surface area (Å²) >= 11 is 1.67. The minimum Gasteiger partial charge on any atom is -0.333 e. The third kappa shape index (κ3) is 3.29. The number of thioether (sulfide) groups is 1. The quantitative estimate of drug-likeness (QED) is 0.444. The Hall–Kier alpha value is -3.21. The summed E-state index contributed by atoms with van der Waals surface area (Å²) in [4.78, 5) is 0.950. The summed E-state index contributed by atoms with van der Waals surface area (Å²) in [6.45, 7) is 0.415. The van der Waals surface area contributed by atoms with Crippen LogP contribution in [0.25, 0.3) is 22.0 Å². The maximum absolute atomic E-state index is 13.7. The molecule has 7 heteroatoms. The second-order valence-corrected chi connectivity index (χ2v) is 10.3. The third-order valence-electron chi connectivity index (χ3n) is 5.59. The van der Waals surface area contributed by atoms with E-state index in [1.807, 2.05) is 54.6 Å². The first-order chi connectivity index (χ1) is 15.0. The van der Waals surface area contributed by atoms with E-state index in [0.717, 1.165) is 26.9 Å². The summed E-state index contributed by atoms with van der Waals surface area (Å²) in [5.41, 5.74) is 4.04. The Morgan fingerprint density at radius 2 is 1.71 bits per heavy atom. The molecule has 0 spiro atoms. The Kier molecular flexibility index (Phi) is 4.77. The van der Waals surface area contributed by atoms with Crippen molar-refractivity contribution in [1.82, 2.24) is 4.57 Å². The average Bonchev–Trinajstić information content (AvgIpc) is 3.16. The molecule has 2 heterocycles. The minimum atomic E-state index is -3.74. The maximum Gasteiger partial charge on any atom is 0.280 e. The van der Waals surface area contributed by atoms with Gasteiger partial charge in [-0.3, -0.25) is 4.31 Å². The van der Waals surface area contributed by atoms with Gasteiger partial charge in [-0.25, -0.2) is 0 Å². The molecule has 0 atom stereocenters. The molecule has 31 heavy (non-hydrogen) atoms. The number of benzene rings is 3. The Balaban J connectivity index is 1.61. The molecule has 5 rings (SSSR count). The van der Waals surface area contributed by atoms with Crippen LogP contribution in [0.3, 0.4) is 0 Å². The highest BCUT2D eigenvalue weighted by atomic mass is 32.2. The summed E-state index contributed by atoms with van der Waals surface area (Å²) < 4.78 is 30.7. The van der Waals surface area contributed by atoms with E-state index in [0.29, 0.717) is 23.5 Å². The topological polar surface area (TPSA) is 66.1 Å². The summed E-state index contributed by atoms with van der Waals surface area (Å²) in [6.07, 6.45) is 0. The standard InChI is InChI=1S/C24H19N3O2S2/c1-26-21-5-3-2-4-20(21)15-24(26)31(28,29)27-12-13-30-23-11-10-19(14-22(23)27)18-8-6-17(16-25)7-9-18/h2-11,14-15H,12-13H2,1H3.